The number of rotatable bonds is 2. The van der Waals surface area contributed by atoms with E-state index in [2.05, 4.69) is 15.9 Å². The van der Waals surface area contributed by atoms with E-state index in [0.29, 0.717) is 4.47 Å². The van der Waals surface area contributed by atoms with Crippen molar-refractivity contribution in [1.82, 2.24) is 0 Å². The predicted octanol–water partition coefficient (Wildman–Crippen LogP) is 2.75. The zero-order chi connectivity index (χ0) is 9.14. The van der Waals surface area contributed by atoms with Gasteiger partial charge in [-0.15, -0.1) is 0 Å². The Labute approximate surface area is 77.2 Å². The van der Waals surface area contributed by atoms with E-state index in [1.807, 2.05) is 0 Å². The molecule has 0 amide bonds. The first-order valence-corrected chi connectivity index (χ1v) is 4.12. The van der Waals surface area contributed by atoms with Gasteiger partial charge in [0.25, 0.3) is 6.43 Å². The predicted molar refractivity (Wildman–Crippen MR) is 45.1 cm³/mol. The second-order valence-electron chi connectivity index (χ2n) is 2.33. The third-order valence-corrected chi connectivity index (χ3v) is 1.92. The monoisotopic (exact) mass is 236 g/mol. The molecule has 0 saturated heterocycles. The summed E-state index contributed by atoms with van der Waals surface area (Å²) < 4.78 is 24.6. The molecule has 1 aromatic rings. The van der Waals surface area contributed by atoms with Crippen molar-refractivity contribution in [2.75, 3.05) is 0 Å². The summed E-state index contributed by atoms with van der Waals surface area (Å²) in [5.74, 6) is 0. The van der Waals surface area contributed by atoms with Crippen molar-refractivity contribution in [3.8, 4) is 0 Å². The Hall–Kier alpha value is -0.480. The summed E-state index contributed by atoms with van der Waals surface area (Å²) in [6.07, 6.45) is -4.43. The molecule has 1 rings (SSSR count). The van der Waals surface area contributed by atoms with Crippen molar-refractivity contribution in [3.63, 3.8) is 0 Å². The third kappa shape index (κ3) is 2.25. The summed E-state index contributed by atoms with van der Waals surface area (Å²) in [5, 5.41) is 8.95. The Kier molecular flexibility index (Phi) is 3.17. The largest absolute Gasteiger partial charge is 0.382 e. The highest BCUT2D eigenvalue weighted by Crippen LogP contribution is 2.22. The van der Waals surface area contributed by atoms with Gasteiger partial charge in [-0.25, -0.2) is 8.78 Å². The molecule has 0 fully saturated rings. The minimum atomic E-state index is -2.74. The second-order valence-corrected chi connectivity index (χ2v) is 3.25. The molecule has 1 aromatic carbocycles. The molecule has 0 aliphatic rings. The normalized spacial score (nSPS) is 13.4. The van der Waals surface area contributed by atoms with Crippen molar-refractivity contribution >= 4 is 15.9 Å². The maximum absolute atomic E-state index is 12.0. The van der Waals surface area contributed by atoms with Crippen LogP contribution in [-0.2, 0) is 0 Å². The quantitative estimate of drug-likeness (QED) is 0.838. The fourth-order valence-corrected chi connectivity index (χ4v) is 1.25. The van der Waals surface area contributed by atoms with Crippen molar-refractivity contribution in [3.05, 3.63) is 34.3 Å². The maximum atomic E-state index is 12.0. The summed E-state index contributed by atoms with van der Waals surface area (Å²) in [6.45, 7) is 0. The molecule has 1 nitrogen and oxygen atoms in total. The van der Waals surface area contributed by atoms with Crippen LogP contribution in [0.4, 0.5) is 8.78 Å². The summed E-state index contributed by atoms with van der Waals surface area (Å²) in [6, 6.07) is 6.24. The maximum Gasteiger partial charge on any atom is 0.268 e. The number of aliphatic hydroxyl groups is 1. The van der Waals surface area contributed by atoms with Crippen molar-refractivity contribution in [2.24, 2.45) is 0 Å². The van der Waals surface area contributed by atoms with Gasteiger partial charge in [0, 0.05) is 4.47 Å². The lowest BCUT2D eigenvalue weighted by Crippen LogP contribution is -2.07. The molecule has 0 unspecified atom stereocenters. The Morgan fingerprint density at radius 1 is 1.33 bits per heavy atom. The van der Waals surface area contributed by atoms with Crippen molar-refractivity contribution in [2.45, 2.75) is 12.5 Å². The van der Waals surface area contributed by atoms with E-state index in [0.717, 1.165) is 0 Å². The Morgan fingerprint density at radius 2 is 2.00 bits per heavy atom. The number of benzene rings is 1. The van der Waals surface area contributed by atoms with Gasteiger partial charge in [0.05, 0.1) is 0 Å². The van der Waals surface area contributed by atoms with Crippen LogP contribution >= 0.6 is 15.9 Å². The van der Waals surface area contributed by atoms with E-state index in [1.54, 1.807) is 12.1 Å². The first kappa shape index (κ1) is 9.61. The molecule has 66 valence electrons. The van der Waals surface area contributed by atoms with Gasteiger partial charge in [-0.05, 0) is 17.7 Å². The molecule has 1 atom stereocenters. The molecule has 0 aromatic heterocycles. The average molecular weight is 237 g/mol. The van der Waals surface area contributed by atoms with Gasteiger partial charge < -0.3 is 5.11 Å². The van der Waals surface area contributed by atoms with Gasteiger partial charge in [-0.1, -0.05) is 28.1 Å². The van der Waals surface area contributed by atoms with Gasteiger partial charge in [-0.2, -0.15) is 0 Å². The van der Waals surface area contributed by atoms with Gasteiger partial charge in [0.1, 0.15) is 6.10 Å². The topological polar surface area (TPSA) is 20.2 Å². The first-order chi connectivity index (χ1) is 5.61. The van der Waals surface area contributed by atoms with Gasteiger partial charge >= 0.3 is 0 Å². The number of hydrogen-bond donors (Lipinski definition) is 1. The minimum Gasteiger partial charge on any atom is -0.382 e. The van der Waals surface area contributed by atoms with E-state index in [9.17, 15) is 8.78 Å². The second kappa shape index (κ2) is 3.96. The standard InChI is InChI=1S/C8H7BrF2O/c9-6-3-1-2-5(4-6)7(12)8(10)11/h1-4,7-8,12H/t7-/m1/s1. The van der Waals surface area contributed by atoms with Crippen molar-refractivity contribution < 1.29 is 13.9 Å². The molecule has 0 spiro atoms. The van der Waals surface area contributed by atoms with Gasteiger partial charge in [0.15, 0.2) is 0 Å². The van der Waals surface area contributed by atoms with Crippen LogP contribution in [0.5, 0.6) is 0 Å². The Balaban J connectivity index is 2.88. The van der Waals surface area contributed by atoms with E-state index in [-0.39, 0.29) is 5.56 Å². The van der Waals surface area contributed by atoms with Crippen LogP contribution in [0.1, 0.15) is 11.7 Å². The van der Waals surface area contributed by atoms with Crippen LogP contribution in [0, 0.1) is 0 Å². The Morgan fingerprint density at radius 3 is 2.50 bits per heavy atom. The van der Waals surface area contributed by atoms with Gasteiger partial charge in [-0.3, -0.25) is 0 Å². The molecule has 1 N–H and O–H groups in total. The van der Waals surface area contributed by atoms with Gasteiger partial charge in [0.2, 0.25) is 0 Å². The smallest absolute Gasteiger partial charge is 0.268 e. The van der Waals surface area contributed by atoms with E-state index < -0.39 is 12.5 Å². The summed E-state index contributed by atoms with van der Waals surface area (Å²) in [4.78, 5) is 0. The molecule has 12 heavy (non-hydrogen) atoms. The van der Waals surface area contributed by atoms with Crippen LogP contribution < -0.4 is 0 Å². The van der Waals surface area contributed by atoms with Crippen LogP contribution in [-0.4, -0.2) is 11.5 Å². The third-order valence-electron chi connectivity index (χ3n) is 1.43. The lowest BCUT2D eigenvalue weighted by Gasteiger charge is -2.09. The summed E-state index contributed by atoms with van der Waals surface area (Å²) in [7, 11) is 0. The molecule has 0 radical (unpaired) electrons. The summed E-state index contributed by atoms with van der Waals surface area (Å²) in [5.41, 5.74) is 0.222. The Bertz CT molecular complexity index is 265. The SMILES string of the molecule is O[C@H](c1cccc(Br)c1)C(F)F. The van der Waals surface area contributed by atoms with E-state index in [4.69, 9.17) is 5.11 Å². The minimum absolute atomic E-state index is 0.222. The number of aliphatic hydroxyl groups excluding tert-OH is 1. The number of hydrogen-bond acceptors (Lipinski definition) is 1. The molecule has 0 bridgehead atoms. The fraction of sp³-hybridized carbons (Fsp3) is 0.250. The highest BCUT2D eigenvalue weighted by atomic mass is 79.9. The molecular formula is C8H7BrF2O. The highest BCUT2D eigenvalue weighted by Gasteiger charge is 2.18. The zero-order valence-electron chi connectivity index (χ0n) is 6.05. The van der Waals surface area contributed by atoms with Crippen LogP contribution in [0.3, 0.4) is 0 Å². The molecule has 0 aliphatic carbocycles. The van der Waals surface area contributed by atoms with Crippen LogP contribution in [0.2, 0.25) is 0 Å². The molecule has 4 heteroatoms. The van der Waals surface area contributed by atoms with Crippen LogP contribution in [0.15, 0.2) is 28.7 Å². The summed E-state index contributed by atoms with van der Waals surface area (Å²) >= 11 is 3.12. The van der Waals surface area contributed by atoms with E-state index >= 15 is 0 Å². The van der Waals surface area contributed by atoms with E-state index in [1.165, 1.54) is 12.1 Å². The number of alkyl halides is 2. The fourth-order valence-electron chi connectivity index (χ4n) is 0.836. The van der Waals surface area contributed by atoms with Crippen LogP contribution in [0.25, 0.3) is 0 Å². The molecule has 0 aliphatic heterocycles. The molecular weight excluding hydrogens is 230 g/mol. The highest BCUT2D eigenvalue weighted by molar-refractivity contribution is 9.10. The number of halogens is 3. The lowest BCUT2D eigenvalue weighted by molar-refractivity contribution is -0.00580. The average Bonchev–Trinajstić information content (AvgIpc) is 2.03. The molecule has 0 heterocycles. The first-order valence-electron chi connectivity index (χ1n) is 3.33. The zero-order valence-corrected chi connectivity index (χ0v) is 7.63. The molecule has 0 saturated carbocycles. The van der Waals surface area contributed by atoms with Crippen molar-refractivity contribution in [1.29, 1.82) is 0 Å². The lowest BCUT2D eigenvalue weighted by atomic mass is 10.1.